The van der Waals surface area contributed by atoms with Gasteiger partial charge in [0, 0.05) is 0 Å². The van der Waals surface area contributed by atoms with Crippen LogP contribution in [-0.2, 0) is 73.2 Å². The Morgan fingerprint density at radius 2 is 1.12 bits per heavy atom. The molecule has 65 heavy (non-hydrogen) atoms. The number of benzene rings is 4. The van der Waals surface area contributed by atoms with Crippen molar-refractivity contribution < 1.29 is 76.2 Å². The monoisotopic (exact) mass is 961 g/mol. The van der Waals surface area contributed by atoms with E-state index in [0.717, 1.165) is 60.3 Å². The van der Waals surface area contributed by atoms with E-state index in [1.54, 1.807) is 12.1 Å². The fourth-order valence-corrected chi connectivity index (χ4v) is 10.6. The summed E-state index contributed by atoms with van der Waals surface area (Å²) < 4.78 is 55.6. The van der Waals surface area contributed by atoms with Crippen molar-refractivity contribution in [3.63, 3.8) is 0 Å². The van der Waals surface area contributed by atoms with E-state index in [1.165, 1.54) is 12.1 Å². The molecule has 3 heterocycles. The Kier molecular flexibility index (Phi) is 15.1. The molecule has 3 aliphatic heterocycles. The number of hydrogen-bond donors (Lipinski definition) is 0. The Labute approximate surface area is 380 Å². The van der Waals surface area contributed by atoms with Crippen molar-refractivity contribution in [1.82, 2.24) is 4.90 Å². The number of carbonyl (C=O) groups is 7. The molecular weight excluding hydrogens is 913 g/mol. The molecule has 0 saturated carbocycles. The second-order valence-corrected chi connectivity index (χ2v) is 17.9. The van der Waals surface area contributed by atoms with Crippen LogP contribution in [0.1, 0.15) is 60.9 Å². The average molecular weight is 961 g/mol. The van der Waals surface area contributed by atoms with Gasteiger partial charge < -0.3 is 0 Å². The van der Waals surface area contributed by atoms with Crippen LogP contribution >= 0.6 is 0 Å². The Hall–Kier alpha value is -6.01. The second-order valence-electron chi connectivity index (χ2n) is 15.4. The van der Waals surface area contributed by atoms with Gasteiger partial charge in [-0.1, -0.05) is 0 Å². The molecule has 2 amide bonds. The van der Waals surface area contributed by atoms with Gasteiger partial charge in [-0.2, -0.15) is 0 Å². The van der Waals surface area contributed by atoms with Crippen molar-refractivity contribution in [2.75, 3.05) is 13.2 Å². The number of esters is 5. The topological polar surface area (TPSA) is 206 Å². The summed E-state index contributed by atoms with van der Waals surface area (Å²) in [6.45, 7) is 4.86. The first-order valence-electron chi connectivity index (χ1n) is 20.7. The zero-order valence-corrected chi connectivity index (χ0v) is 37.7. The number of carbonyl (C=O) groups excluding carboxylic acids is 7. The van der Waals surface area contributed by atoms with E-state index < -0.39 is 123 Å². The van der Waals surface area contributed by atoms with Crippen molar-refractivity contribution in [2.24, 2.45) is 0 Å². The molecule has 0 spiro atoms. The van der Waals surface area contributed by atoms with Gasteiger partial charge in [0.15, 0.2) is 0 Å². The van der Waals surface area contributed by atoms with Gasteiger partial charge in [-0.05, 0) is 0 Å². The number of fused-ring (bicyclic) bond motifs is 2. The SMILES string of the molecule is CC(=O)OC[C@H]1O[C@@H](O[C@H]2[C@H](OC(C)=O)[C@@H](N3C(=O)c4ccccc4C3=O)[C@H]([Se]c3ccccc3)O[C@@H]2COCc2ccc3ccccc3c2)[C@H](OC(C)=O)[C@@H](OC(C)=O)[C@H]1OC(C)=O. The minimum absolute atomic E-state index is 0.0883. The quantitative estimate of drug-likeness (QED) is 0.0726. The molecular formula is C47H47NO16Se. The Morgan fingerprint density at radius 1 is 0.569 bits per heavy atom. The van der Waals surface area contributed by atoms with Crippen molar-refractivity contribution in [1.29, 1.82) is 0 Å². The summed E-state index contributed by atoms with van der Waals surface area (Å²) >= 11 is -0.671. The van der Waals surface area contributed by atoms with E-state index in [1.807, 2.05) is 72.8 Å². The molecule has 3 aliphatic rings. The van der Waals surface area contributed by atoms with Crippen molar-refractivity contribution >= 4 is 71.9 Å². The second kappa shape index (κ2) is 20.9. The van der Waals surface area contributed by atoms with Crippen LogP contribution in [-0.4, -0.2) is 135 Å². The minimum atomic E-state index is -1.77. The number of hydrogen-bond acceptors (Lipinski definition) is 16. The van der Waals surface area contributed by atoms with Gasteiger partial charge in [-0.3, -0.25) is 0 Å². The van der Waals surface area contributed by atoms with E-state index in [0.29, 0.717) is 0 Å². The van der Waals surface area contributed by atoms with Crippen LogP contribution < -0.4 is 4.46 Å². The van der Waals surface area contributed by atoms with Crippen LogP contribution in [0.25, 0.3) is 10.8 Å². The van der Waals surface area contributed by atoms with Gasteiger partial charge in [0.1, 0.15) is 0 Å². The van der Waals surface area contributed by atoms with Crippen LogP contribution in [0, 0.1) is 0 Å². The predicted molar refractivity (Wildman–Crippen MR) is 227 cm³/mol. The van der Waals surface area contributed by atoms with Crippen LogP contribution in [0.15, 0.2) is 97.1 Å². The van der Waals surface area contributed by atoms with Crippen molar-refractivity contribution in [2.45, 2.75) is 101 Å². The van der Waals surface area contributed by atoms with Gasteiger partial charge >= 0.3 is 381 Å². The first-order valence-corrected chi connectivity index (χ1v) is 22.6. The number of imide groups is 1. The molecule has 0 unspecified atom stereocenters. The van der Waals surface area contributed by atoms with E-state index in [9.17, 15) is 33.6 Å². The van der Waals surface area contributed by atoms with Crippen LogP contribution in [0.2, 0.25) is 0 Å². The summed E-state index contributed by atoms with van der Waals surface area (Å²) in [5.74, 6) is -5.45. The van der Waals surface area contributed by atoms with Crippen molar-refractivity contribution in [3.05, 3.63) is 114 Å². The van der Waals surface area contributed by atoms with E-state index in [4.69, 9.17) is 42.6 Å². The van der Waals surface area contributed by atoms with E-state index in [-0.39, 0.29) is 24.3 Å². The molecule has 10 atom stereocenters. The molecule has 0 aliphatic carbocycles. The molecule has 2 fully saturated rings. The molecule has 4 aromatic carbocycles. The number of nitrogens with zero attached hydrogens (tertiary/aromatic N) is 1. The zero-order chi connectivity index (χ0) is 46.4. The molecule has 4 aromatic rings. The first-order chi connectivity index (χ1) is 31.2. The maximum absolute atomic E-state index is 14.4. The third kappa shape index (κ3) is 11.1. The summed E-state index contributed by atoms with van der Waals surface area (Å²) in [4.78, 5) is 93.1. The number of amides is 2. The molecule has 0 N–H and O–H groups in total. The van der Waals surface area contributed by atoms with E-state index >= 15 is 0 Å². The third-order valence-corrected chi connectivity index (χ3v) is 13.1. The predicted octanol–water partition coefficient (Wildman–Crippen LogP) is 3.18. The summed E-state index contributed by atoms with van der Waals surface area (Å²) in [5.41, 5.74) is 1.08. The number of ether oxygens (including phenoxy) is 9. The molecule has 0 radical (unpaired) electrons. The third-order valence-electron chi connectivity index (χ3n) is 10.6. The maximum atomic E-state index is 14.4. The van der Waals surface area contributed by atoms with Gasteiger partial charge in [0.2, 0.25) is 0 Å². The van der Waals surface area contributed by atoms with Gasteiger partial charge in [-0.15, -0.1) is 0 Å². The Morgan fingerprint density at radius 3 is 1.75 bits per heavy atom. The summed E-state index contributed by atoms with van der Waals surface area (Å²) in [5, 5.41) is 1.03. The van der Waals surface area contributed by atoms with Crippen LogP contribution in [0.5, 0.6) is 0 Å². The summed E-state index contributed by atoms with van der Waals surface area (Å²) in [6, 6.07) is 27.9. The first kappa shape index (κ1) is 47.0. The molecule has 342 valence electrons. The summed E-state index contributed by atoms with van der Waals surface area (Å²) in [7, 11) is 0. The summed E-state index contributed by atoms with van der Waals surface area (Å²) in [6.07, 6.45) is -12.2. The van der Waals surface area contributed by atoms with E-state index in [2.05, 4.69) is 0 Å². The molecule has 2 saturated heterocycles. The molecule has 0 bridgehead atoms. The van der Waals surface area contributed by atoms with Crippen molar-refractivity contribution in [3.8, 4) is 0 Å². The van der Waals surface area contributed by atoms with Gasteiger partial charge in [-0.25, -0.2) is 0 Å². The standard InChI is InChI=1S/C47H47NO16Se/c1-25(49)57-24-37-40(58-26(2)50)42(60-28(4)52)43(61-29(5)53)46(62-37)64-39-36(23-56-22-30-19-20-31-13-9-10-14-32(31)21-30)63-47(65-33-15-7-6-8-16-33)38(41(39)59-27(3)51)48-44(54)34-17-11-12-18-35(34)45(48)55/h6-21,36-43,46-47H,22-24H2,1-5H3/t36-,37-,38-,39-,40+,41-,42+,43-,46+,47+/m1/s1. The van der Waals surface area contributed by atoms with Gasteiger partial charge in [0.25, 0.3) is 0 Å². The molecule has 17 nitrogen and oxygen atoms in total. The van der Waals surface area contributed by atoms with Crippen LogP contribution in [0.3, 0.4) is 0 Å². The normalized spacial score (nSPS) is 26.2. The average Bonchev–Trinajstić information content (AvgIpc) is 3.51. The molecule has 7 rings (SSSR count). The zero-order valence-electron chi connectivity index (χ0n) is 36.0. The Bertz CT molecular complexity index is 2390. The number of rotatable bonds is 15. The van der Waals surface area contributed by atoms with Gasteiger partial charge in [0.05, 0.1) is 0 Å². The fourth-order valence-electron chi connectivity index (χ4n) is 8.07. The van der Waals surface area contributed by atoms with Crippen LogP contribution in [0.4, 0.5) is 0 Å². The molecule has 18 heteroatoms. The Balaban J connectivity index is 1.34. The fraction of sp³-hybridized carbons (Fsp3) is 0.383. The molecule has 0 aromatic heterocycles.